The third-order valence-corrected chi connectivity index (χ3v) is 9.36. The van der Waals surface area contributed by atoms with Gasteiger partial charge in [0.25, 0.3) is 0 Å². The molecular formula is C34H51N3O8S. The van der Waals surface area contributed by atoms with Gasteiger partial charge in [-0.3, -0.25) is 9.59 Å². The number of benzene rings is 1. The van der Waals surface area contributed by atoms with Crippen molar-refractivity contribution in [2.24, 2.45) is 0 Å². The first-order valence-corrected chi connectivity index (χ1v) is 17.3. The summed E-state index contributed by atoms with van der Waals surface area (Å²) in [6.07, 6.45) is 6.42. The number of hydrogen-bond donors (Lipinski definition) is 2. The van der Waals surface area contributed by atoms with Gasteiger partial charge in [-0.15, -0.1) is 11.8 Å². The van der Waals surface area contributed by atoms with Crippen LogP contribution in [0.15, 0.2) is 30.3 Å². The van der Waals surface area contributed by atoms with Gasteiger partial charge in [-0.2, -0.15) is 0 Å². The summed E-state index contributed by atoms with van der Waals surface area (Å²) < 4.78 is 15.6. The lowest BCUT2D eigenvalue weighted by Crippen LogP contribution is -2.70. The maximum atomic E-state index is 13.1. The van der Waals surface area contributed by atoms with E-state index in [2.05, 4.69) is 17.6 Å². The Morgan fingerprint density at radius 1 is 0.957 bits per heavy atom. The van der Waals surface area contributed by atoms with Gasteiger partial charge in [0.1, 0.15) is 29.1 Å². The van der Waals surface area contributed by atoms with Crippen LogP contribution in [0.1, 0.15) is 98.5 Å². The lowest BCUT2D eigenvalue weighted by atomic mass is 9.96. The first-order chi connectivity index (χ1) is 21.7. The quantitative estimate of drug-likeness (QED) is 0.103. The molecule has 0 aliphatic carbocycles. The Kier molecular flexibility index (Phi) is 13.8. The number of fused-ring (bicyclic) bond motifs is 1. The van der Waals surface area contributed by atoms with Crippen molar-refractivity contribution in [3.8, 4) is 0 Å². The summed E-state index contributed by atoms with van der Waals surface area (Å²) in [7, 11) is 0. The molecule has 2 saturated heterocycles. The molecule has 0 saturated carbocycles. The molecule has 0 radical (unpaired) electrons. The zero-order valence-corrected chi connectivity index (χ0v) is 28.9. The molecule has 12 heteroatoms. The average Bonchev–Trinajstić information content (AvgIpc) is 3.23. The summed E-state index contributed by atoms with van der Waals surface area (Å²) in [5.74, 6) is -1.66. The van der Waals surface area contributed by atoms with Gasteiger partial charge >= 0.3 is 18.0 Å². The average molecular weight is 662 g/mol. The number of esters is 2. The highest BCUT2D eigenvalue weighted by atomic mass is 32.2. The molecule has 2 heterocycles. The predicted octanol–water partition coefficient (Wildman–Crippen LogP) is 4.90. The van der Waals surface area contributed by atoms with Gasteiger partial charge in [0.15, 0.2) is 0 Å². The van der Waals surface area contributed by atoms with Crippen molar-refractivity contribution in [1.82, 2.24) is 15.5 Å². The highest BCUT2D eigenvalue weighted by Crippen LogP contribution is 2.51. The van der Waals surface area contributed by atoms with E-state index in [0.717, 1.165) is 37.7 Å². The van der Waals surface area contributed by atoms with Crippen LogP contribution >= 0.6 is 11.8 Å². The van der Waals surface area contributed by atoms with E-state index >= 15 is 0 Å². The van der Waals surface area contributed by atoms with Gasteiger partial charge in [0, 0.05) is 11.2 Å². The molecule has 2 aliphatic rings. The molecule has 0 aromatic heterocycles. The predicted molar refractivity (Wildman–Crippen MR) is 176 cm³/mol. The van der Waals surface area contributed by atoms with E-state index in [1.807, 2.05) is 44.2 Å². The van der Waals surface area contributed by atoms with Crippen LogP contribution in [0.3, 0.4) is 0 Å². The molecular weight excluding hydrogens is 610 g/mol. The van der Waals surface area contributed by atoms with E-state index in [9.17, 15) is 24.0 Å². The smallest absolute Gasteiger partial charge is 0.408 e. The van der Waals surface area contributed by atoms with Gasteiger partial charge < -0.3 is 29.7 Å². The molecule has 46 heavy (non-hydrogen) atoms. The summed E-state index contributed by atoms with van der Waals surface area (Å²) in [6, 6.07) is 6.94. The van der Waals surface area contributed by atoms with Crippen LogP contribution in [0.4, 0.5) is 4.79 Å². The molecule has 0 spiro atoms. The summed E-state index contributed by atoms with van der Waals surface area (Å²) in [5, 5.41) is 5.10. The summed E-state index contributed by atoms with van der Waals surface area (Å²) in [5.41, 5.74) is 0.148. The molecule has 2 aliphatic heterocycles. The fourth-order valence-corrected chi connectivity index (χ4v) is 7.16. The normalized spacial score (nSPS) is 20.6. The Morgan fingerprint density at radius 3 is 2.28 bits per heavy atom. The number of carbonyl (C=O) groups excluding carboxylic acids is 5. The molecule has 11 nitrogen and oxygen atoms in total. The van der Waals surface area contributed by atoms with E-state index in [1.165, 1.54) is 23.1 Å². The molecule has 2 N–H and O–H groups in total. The van der Waals surface area contributed by atoms with E-state index in [0.29, 0.717) is 6.42 Å². The van der Waals surface area contributed by atoms with Crippen molar-refractivity contribution < 1.29 is 38.2 Å². The van der Waals surface area contributed by atoms with E-state index in [4.69, 9.17) is 14.2 Å². The lowest BCUT2D eigenvalue weighted by molar-refractivity contribution is -0.164. The topological polar surface area (TPSA) is 140 Å². The fourth-order valence-electron chi connectivity index (χ4n) is 5.54. The molecule has 2 fully saturated rings. The maximum absolute atomic E-state index is 13.1. The van der Waals surface area contributed by atoms with E-state index in [-0.39, 0.29) is 43.2 Å². The van der Waals surface area contributed by atoms with Gasteiger partial charge in [-0.25, -0.2) is 14.4 Å². The summed E-state index contributed by atoms with van der Waals surface area (Å²) >= 11 is 1.46. The first kappa shape index (κ1) is 37.2. The van der Waals surface area contributed by atoms with Crippen LogP contribution in [-0.4, -0.2) is 81.8 Å². The number of rotatable bonds is 17. The largest absolute Gasteiger partial charge is 0.464 e. The Labute approximate surface area is 277 Å². The van der Waals surface area contributed by atoms with Crippen molar-refractivity contribution in [3.63, 3.8) is 0 Å². The monoisotopic (exact) mass is 661 g/mol. The number of nitrogens with one attached hydrogen (secondary N) is 2. The van der Waals surface area contributed by atoms with Crippen molar-refractivity contribution in [1.29, 1.82) is 0 Å². The second-order valence-corrected chi connectivity index (χ2v) is 15.2. The molecule has 1 unspecified atom stereocenters. The Hall–Kier alpha value is -3.28. The summed E-state index contributed by atoms with van der Waals surface area (Å²) in [4.78, 5) is 65.5. The molecule has 1 aromatic carbocycles. The van der Waals surface area contributed by atoms with Crippen LogP contribution in [0.5, 0.6) is 0 Å². The van der Waals surface area contributed by atoms with E-state index in [1.54, 1.807) is 20.8 Å². The van der Waals surface area contributed by atoms with Crippen LogP contribution in [0, 0.1) is 0 Å². The van der Waals surface area contributed by atoms with Crippen LogP contribution in [0.25, 0.3) is 0 Å². The Morgan fingerprint density at radius 2 is 1.61 bits per heavy atom. The van der Waals surface area contributed by atoms with Crippen molar-refractivity contribution in [2.75, 3.05) is 13.2 Å². The third-order valence-electron chi connectivity index (χ3n) is 7.79. The third kappa shape index (κ3) is 10.9. The first-order valence-electron chi connectivity index (χ1n) is 16.4. The van der Waals surface area contributed by atoms with Crippen LogP contribution < -0.4 is 10.6 Å². The second kappa shape index (κ2) is 17.0. The fraction of sp³-hybridized carbons (Fsp3) is 0.676. The zero-order chi connectivity index (χ0) is 33.9. The maximum Gasteiger partial charge on any atom is 0.408 e. The van der Waals surface area contributed by atoms with Crippen molar-refractivity contribution in [2.45, 2.75) is 133 Å². The molecule has 0 bridgehead atoms. The number of thioether (sulfide) groups is 1. The highest BCUT2D eigenvalue weighted by Gasteiger charge is 2.64. The number of amides is 3. The lowest BCUT2D eigenvalue weighted by Gasteiger charge is -2.44. The molecule has 1 aromatic rings. The van der Waals surface area contributed by atoms with Crippen LogP contribution in [-0.2, 0) is 39.8 Å². The second-order valence-electron chi connectivity index (χ2n) is 13.4. The Bertz CT molecular complexity index is 1200. The van der Waals surface area contributed by atoms with Crippen molar-refractivity contribution in [3.05, 3.63) is 35.9 Å². The Balaban J connectivity index is 1.44. The standard InChI is InChI=1S/C34H51N3O8S/c1-7-8-9-10-11-15-19-24(35-32(42)45-33(2,3)4)30(40)43-20-16-21-44-31(41)27-34(5,6)46-29-26(28(39)37(27)29)36-25(38)22-23-17-13-12-14-18-23/h12-14,17-18,24,26-27,29H,7-11,15-16,19-22H2,1-6H3,(H,35,42)(H,36,38)/t24?,26-,27+,29-/m1/s1. The van der Waals surface area contributed by atoms with Gasteiger partial charge in [0.05, 0.1) is 19.6 Å². The number of hydrogen-bond acceptors (Lipinski definition) is 9. The number of carbonyl (C=O) groups is 5. The minimum atomic E-state index is -0.838. The summed E-state index contributed by atoms with van der Waals surface area (Å²) in [6.45, 7) is 11.2. The SMILES string of the molecule is CCCCCCCCC(NC(=O)OC(C)(C)C)C(=O)OCCCOC(=O)[C@@H]1N2C(=O)[C@@H](NC(=O)Cc3ccccc3)[C@H]2SC1(C)C. The van der Waals surface area contributed by atoms with Gasteiger partial charge in [-0.05, 0) is 46.6 Å². The number of ether oxygens (including phenoxy) is 3. The van der Waals surface area contributed by atoms with Crippen molar-refractivity contribution >= 4 is 41.6 Å². The molecule has 256 valence electrons. The van der Waals surface area contributed by atoms with E-state index < -0.39 is 46.5 Å². The number of alkyl carbamates (subject to hydrolysis) is 1. The van der Waals surface area contributed by atoms with Gasteiger partial charge in [0.2, 0.25) is 11.8 Å². The minimum absolute atomic E-state index is 0.00128. The number of unbranched alkanes of at least 4 members (excludes halogenated alkanes) is 5. The minimum Gasteiger partial charge on any atom is -0.464 e. The number of nitrogens with zero attached hydrogens (tertiary/aromatic N) is 1. The molecule has 3 amide bonds. The van der Waals surface area contributed by atoms with Gasteiger partial charge in [-0.1, -0.05) is 75.8 Å². The zero-order valence-electron chi connectivity index (χ0n) is 28.1. The highest BCUT2D eigenvalue weighted by molar-refractivity contribution is 8.01. The van der Waals surface area contributed by atoms with Crippen LogP contribution in [0.2, 0.25) is 0 Å². The number of β-lactam (4-membered cyclic amide) rings is 1. The molecule has 3 rings (SSSR count). The molecule has 4 atom stereocenters.